The zero-order valence-corrected chi connectivity index (χ0v) is 9.10. The van der Waals surface area contributed by atoms with Crippen molar-refractivity contribution >= 4 is 71.8 Å². The van der Waals surface area contributed by atoms with Gasteiger partial charge in [-0.2, -0.15) is 0 Å². The average Bonchev–Trinajstić information content (AvgIpc) is 0. The quantitative estimate of drug-likeness (QED) is 0.362. The fourth-order valence-electron chi connectivity index (χ4n) is 0. The maximum Gasteiger partial charge on any atom is 2.00 e. The molecule has 0 heterocycles. The van der Waals surface area contributed by atoms with Crippen molar-refractivity contribution in [1.82, 2.24) is 0 Å². The Morgan fingerprint density at radius 1 is 0.750 bits per heavy atom. The molecule has 0 rings (SSSR count). The Labute approximate surface area is 119 Å². The van der Waals surface area contributed by atoms with E-state index in [0.717, 1.165) is 0 Å². The van der Waals surface area contributed by atoms with Crippen molar-refractivity contribution in [2.24, 2.45) is 0 Å². The van der Waals surface area contributed by atoms with Crippen LogP contribution in [0.1, 0.15) is 5.71 Å². The maximum absolute atomic E-state index is 0. The third-order valence-corrected chi connectivity index (χ3v) is 0. The molecular formula is H16CaMgO4SiTi. The Hall–Kier alpha value is 2.80. The van der Waals surface area contributed by atoms with E-state index in [-0.39, 0.29) is 121 Å². The summed E-state index contributed by atoms with van der Waals surface area (Å²) >= 11 is 0. The number of rotatable bonds is 0. The van der Waals surface area contributed by atoms with Crippen molar-refractivity contribution in [2.75, 3.05) is 0 Å². The molecule has 0 aliphatic rings. The van der Waals surface area contributed by atoms with Gasteiger partial charge in [0.05, 0.1) is 0 Å². The summed E-state index contributed by atoms with van der Waals surface area (Å²) < 4.78 is 0. The van der Waals surface area contributed by atoms with E-state index >= 15 is 0 Å². The van der Waals surface area contributed by atoms with Crippen molar-refractivity contribution in [3.63, 3.8) is 0 Å². The predicted octanol–water partition coefficient (Wildman–Crippen LogP) is -5.06. The van der Waals surface area contributed by atoms with Gasteiger partial charge in [0.15, 0.2) is 0 Å². The van der Waals surface area contributed by atoms with Gasteiger partial charge in [-0.05, 0) is 11.0 Å². The van der Waals surface area contributed by atoms with E-state index in [1.165, 1.54) is 0 Å². The van der Waals surface area contributed by atoms with Crippen molar-refractivity contribution in [3.8, 4) is 0 Å². The van der Waals surface area contributed by atoms with Crippen LogP contribution in [0.25, 0.3) is 0 Å². The van der Waals surface area contributed by atoms with Crippen LogP contribution in [-0.2, 0) is 21.7 Å². The van der Waals surface area contributed by atoms with Crippen molar-refractivity contribution < 1.29 is 49.3 Å². The van der Waals surface area contributed by atoms with Crippen molar-refractivity contribution in [2.45, 2.75) is 0 Å². The summed E-state index contributed by atoms with van der Waals surface area (Å²) in [4.78, 5) is 0. The fraction of sp³-hybridized carbons (Fsp3) is 0. The molecule has 4 nitrogen and oxygen atoms in total. The van der Waals surface area contributed by atoms with Crippen LogP contribution in [0.3, 0.4) is 0 Å². The third kappa shape index (κ3) is 68.4. The summed E-state index contributed by atoms with van der Waals surface area (Å²) in [5.74, 6) is 0. The molecule has 0 fully saturated rings. The minimum atomic E-state index is 0. The molecule has 8 heteroatoms. The summed E-state index contributed by atoms with van der Waals surface area (Å²) in [5, 5.41) is 0. The van der Waals surface area contributed by atoms with E-state index in [0.29, 0.717) is 0 Å². The van der Waals surface area contributed by atoms with Crippen LogP contribution >= 0.6 is 0 Å². The van der Waals surface area contributed by atoms with E-state index in [9.17, 15) is 0 Å². The Morgan fingerprint density at radius 3 is 0.750 bits per heavy atom. The summed E-state index contributed by atoms with van der Waals surface area (Å²) in [5.41, 5.74) is 0. The molecule has 0 aliphatic heterocycles. The van der Waals surface area contributed by atoms with Gasteiger partial charge in [0.25, 0.3) is 0 Å². The third-order valence-electron chi connectivity index (χ3n) is 0. The van der Waals surface area contributed by atoms with Crippen LogP contribution in [0.15, 0.2) is 0 Å². The number of hydrogen-bond acceptors (Lipinski definition) is 0. The second-order valence-electron chi connectivity index (χ2n) is 0. The van der Waals surface area contributed by atoms with Crippen LogP contribution in [0.4, 0.5) is 0 Å². The maximum atomic E-state index is 0. The topological polar surface area (TPSA) is 126 Å². The first-order chi connectivity index (χ1) is 0. The molecule has 8 N–H and O–H groups in total. The monoisotopic (exact) mass is 220 g/mol. The molecule has 0 aromatic rings. The molecule has 0 unspecified atom stereocenters. The SMILES string of the molecule is O.O.O.O.[Ca+2].[H-].[H-].[H-].[H-].[Mg+2].[SiH4].[Ti]. The zero-order valence-electron chi connectivity index (χ0n) is 7.91. The molecule has 52 valence electrons. The van der Waals surface area contributed by atoms with Gasteiger partial charge < -0.3 is 27.6 Å². The van der Waals surface area contributed by atoms with Gasteiger partial charge in [-0.15, -0.1) is 0 Å². The van der Waals surface area contributed by atoms with Gasteiger partial charge >= 0.3 is 60.8 Å². The molecule has 0 aromatic carbocycles. The van der Waals surface area contributed by atoms with Crippen molar-refractivity contribution in [1.29, 1.82) is 0 Å². The van der Waals surface area contributed by atoms with Crippen LogP contribution in [0, 0.1) is 0 Å². The van der Waals surface area contributed by atoms with Crippen LogP contribution in [0.2, 0.25) is 0 Å². The van der Waals surface area contributed by atoms with Crippen LogP contribution < -0.4 is 0 Å². The zero-order chi connectivity index (χ0) is 0. The number of hydrogen-bond donors (Lipinski definition) is 0. The summed E-state index contributed by atoms with van der Waals surface area (Å²) in [6.45, 7) is 0. The van der Waals surface area contributed by atoms with E-state index in [1.54, 1.807) is 0 Å². The summed E-state index contributed by atoms with van der Waals surface area (Å²) in [6, 6.07) is 0. The van der Waals surface area contributed by atoms with Gasteiger partial charge in [0.2, 0.25) is 0 Å². The molecule has 0 aliphatic carbocycles. The van der Waals surface area contributed by atoms with Crippen LogP contribution in [-0.4, -0.2) is 93.7 Å². The fourth-order valence-corrected chi connectivity index (χ4v) is 0. The summed E-state index contributed by atoms with van der Waals surface area (Å²) in [7, 11) is 0. The van der Waals surface area contributed by atoms with E-state index in [4.69, 9.17) is 0 Å². The van der Waals surface area contributed by atoms with Gasteiger partial charge in [-0.1, -0.05) is 0 Å². The molecule has 0 saturated heterocycles. The van der Waals surface area contributed by atoms with Crippen LogP contribution in [0.5, 0.6) is 0 Å². The molecule has 0 aromatic heterocycles. The molecular weight excluding hydrogens is 204 g/mol. The predicted molar refractivity (Wildman–Crippen MR) is 41.7 cm³/mol. The van der Waals surface area contributed by atoms with Crippen molar-refractivity contribution in [3.05, 3.63) is 0 Å². The smallest absolute Gasteiger partial charge is 1.00 e. The van der Waals surface area contributed by atoms with E-state index in [2.05, 4.69) is 0 Å². The van der Waals surface area contributed by atoms with Gasteiger partial charge in [-0.25, -0.2) is 0 Å². The minimum Gasteiger partial charge on any atom is -1.00 e. The largest absolute Gasteiger partial charge is 2.00 e. The molecule has 0 saturated carbocycles. The first-order valence-electron chi connectivity index (χ1n) is 0. The molecule has 0 spiro atoms. The Bertz CT molecular complexity index is 27.0. The average molecular weight is 220 g/mol. The Kier molecular flexibility index (Phi) is 1600. The van der Waals surface area contributed by atoms with Gasteiger partial charge in [0.1, 0.15) is 0 Å². The first kappa shape index (κ1) is 132. The molecule has 0 bridgehead atoms. The van der Waals surface area contributed by atoms with E-state index in [1.807, 2.05) is 0 Å². The Morgan fingerprint density at radius 2 is 0.750 bits per heavy atom. The molecule has 0 atom stereocenters. The summed E-state index contributed by atoms with van der Waals surface area (Å²) in [6.07, 6.45) is 0. The minimum absolute atomic E-state index is 0. The molecule has 8 heavy (non-hydrogen) atoms. The van der Waals surface area contributed by atoms with Gasteiger partial charge in [0, 0.05) is 21.7 Å². The van der Waals surface area contributed by atoms with Gasteiger partial charge in [-0.3, -0.25) is 0 Å². The Balaban J connectivity index is 0. The van der Waals surface area contributed by atoms with E-state index < -0.39 is 0 Å². The normalized spacial score (nSPS) is 0. The first-order valence-corrected chi connectivity index (χ1v) is 0. The second-order valence-corrected chi connectivity index (χ2v) is 0. The second kappa shape index (κ2) is 96.9. The molecule has 0 radical (unpaired) electrons. The standard InChI is InChI=1S/Ca.Mg.4H2O.H4Si.Ti.4H/h;;4*1H2;1H4;;;;;/q2*+2;;;;;;;4*-1. The molecule has 0 amide bonds.